The number of nitrogens with one attached hydrogen (secondary N) is 1. The van der Waals surface area contributed by atoms with Gasteiger partial charge in [-0.1, -0.05) is 48.6 Å². The van der Waals surface area contributed by atoms with Gasteiger partial charge in [0.15, 0.2) is 5.78 Å². The summed E-state index contributed by atoms with van der Waals surface area (Å²) in [4.78, 5) is 29.8. The Labute approximate surface area is 189 Å². The molecule has 7 nitrogen and oxygen atoms in total. The number of hydrogen-bond donors (Lipinski definition) is 2. The van der Waals surface area contributed by atoms with Crippen LogP contribution in [-0.2, 0) is 14.4 Å². The van der Waals surface area contributed by atoms with Crippen LogP contribution in [0, 0.1) is 0 Å². The van der Waals surface area contributed by atoms with Crippen molar-refractivity contribution >= 4 is 23.1 Å². The number of amides is 1. The molecule has 2 aromatic rings. The Morgan fingerprint density at radius 2 is 1.69 bits per heavy atom. The maximum absolute atomic E-state index is 12.2. The lowest BCUT2D eigenvalue weighted by molar-refractivity contribution is -0.164. The van der Waals surface area contributed by atoms with Crippen LogP contribution in [-0.4, -0.2) is 37.5 Å². The van der Waals surface area contributed by atoms with Crippen LogP contribution < -0.4 is 16.0 Å². The molecule has 0 aromatic heterocycles. The van der Waals surface area contributed by atoms with Gasteiger partial charge in [-0.2, -0.15) is 0 Å². The normalized spacial score (nSPS) is 14.9. The average Bonchev–Trinajstić information content (AvgIpc) is 2.84. The van der Waals surface area contributed by atoms with Gasteiger partial charge in [0.2, 0.25) is 0 Å². The molecule has 0 bridgehead atoms. The molecule has 0 atom stereocenters. The van der Waals surface area contributed by atoms with E-state index in [1.54, 1.807) is 13.0 Å². The van der Waals surface area contributed by atoms with Crippen LogP contribution in [0.3, 0.4) is 0 Å². The quantitative estimate of drug-likeness (QED) is 0.549. The summed E-state index contributed by atoms with van der Waals surface area (Å²) in [5, 5.41) is 4.41. The van der Waals surface area contributed by atoms with E-state index >= 15 is 0 Å². The fourth-order valence-corrected chi connectivity index (χ4v) is 2.86. The number of para-hydroxylation sites is 2. The second-order valence-electron chi connectivity index (χ2n) is 6.85. The lowest BCUT2D eigenvalue weighted by atomic mass is 10.1. The molecule has 0 unspecified atom stereocenters. The number of likely N-dealkylation sites (N-methyl/N-ethyl adjacent to an activating group) is 1. The van der Waals surface area contributed by atoms with Gasteiger partial charge in [0.1, 0.15) is 5.82 Å². The summed E-state index contributed by atoms with van der Waals surface area (Å²) in [7, 11) is 2.90. The number of nitrogens with two attached hydrogens (primary N) is 1. The van der Waals surface area contributed by atoms with Crippen LogP contribution in [0.1, 0.15) is 13.8 Å². The molecule has 168 valence electrons. The second-order valence-corrected chi connectivity index (χ2v) is 6.85. The first-order valence-corrected chi connectivity index (χ1v) is 10.2. The zero-order chi connectivity index (χ0) is 23.5. The first-order valence-electron chi connectivity index (χ1n) is 10.2. The predicted octanol–water partition coefficient (Wildman–Crippen LogP) is 3.84. The minimum absolute atomic E-state index is 0.0631. The van der Waals surface area contributed by atoms with Crippen LogP contribution in [0.4, 0.5) is 11.4 Å². The van der Waals surface area contributed by atoms with Crippen molar-refractivity contribution in [3.8, 4) is 0 Å². The fraction of sp³-hybridized carbons (Fsp3) is 0.200. The molecular formula is C25H30N4O3. The number of benzene rings is 2. The van der Waals surface area contributed by atoms with E-state index in [4.69, 9.17) is 5.73 Å². The third kappa shape index (κ3) is 6.58. The van der Waals surface area contributed by atoms with E-state index in [9.17, 15) is 9.59 Å². The van der Waals surface area contributed by atoms with Crippen molar-refractivity contribution in [3.63, 3.8) is 0 Å². The molecule has 2 aromatic carbocycles. The minimum Gasteiger partial charge on any atom is -0.394 e. The molecule has 7 heteroatoms. The van der Waals surface area contributed by atoms with Gasteiger partial charge < -0.3 is 16.0 Å². The number of anilines is 2. The van der Waals surface area contributed by atoms with Crippen molar-refractivity contribution in [1.82, 2.24) is 5.06 Å². The van der Waals surface area contributed by atoms with Gasteiger partial charge in [0.05, 0.1) is 19.4 Å². The summed E-state index contributed by atoms with van der Waals surface area (Å²) in [5.74, 6) is 0.533. The third-order valence-electron chi connectivity index (χ3n) is 4.78. The molecule has 0 saturated carbocycles. The Kier molecular flexibility index (Phi) is 9.25. The maximum Gasteiger partial charge on any atom is 0.292 e. The van der Waals surface area contributed by atoms with Crippen LogP contribution in [0.25, 0.3) is 0 Å². The van der Waals surface area contributed by atoms with E-state index in [2.05, 4.69) is 15.1 Å². The predicted molar refractivity (Wildman–Crippen MR) is 128 cm³/mol. The maximum atomic E-state index is 12.2. The lowest BCUT2D eigenvalue weighted by Crippen LogP contribution is -2.35. The first-order chi connectivity index (χ1) is 15.4. The zero-order valence-corrected chi connectivity index (χ0v) is 18.9. The minimum atomic E-state index is -0.329. The monoisotopic (exact) mass is 434 g/mol. The standard InChI is InChI=1S/C19H18N2O.C6H12N2O2/c1-2-15-14-21(17-11-7-4-8-12-17)19(13-18(15)22)20-16-9-5-3-6-10-16;1-4-5(7)6(9)8(2)10-3/h2-13,20H,14H2,1H3;4H,7H2,1-3H3/b15-2-;5-4-. The highest BCUT2D eigenvalue weighted by Gasteiger charge is 2.23. The number of hydroxylamine groups is 2. The summed E-state index contributed by atoms with van der Waals surface area (Å²) in [6, 6.07) is 20.0. The molecule has 1 heterocycles. The molecule has 1 amide bonds. The Morgan fingerprint density at radius 3 is 2.22 bits per heavy atom. The molecule has 1 aliphatic rings. The van der Waals surface area contributed by atoms with E-state index in [0.29, 0.717) is 6.54 Å². The Bertz CT molecular complexity index is 998. The first kappa shape index (κ1) is 24.4. The number of nitrogens with zero attached hydrogens (tertiary/aromatic N) is 2. The number of carbonyl (C=O) groups excluding carboxylic acids is 2. The van der Waals surface area contributed by atoms with E-state index < -0.39 is 0 Å². The molecule has 0 aliphatic carbocycles. The highest BCUT2D eigenvalue weighted by molar-refractivity contribution is 6.07. The SMILES string of the molecule is C/C=C(\N)C(=O)N(C)OC.C/C=C1/CN(c2ccccc2)C(Nc2ccccc2)=CC1=O. The van der Waals surface area contributed by atoms with Gasteiger partial charge in [-0.05, 0) is 38.1 Å². The molecule has 3 rings (SSSR count). The number of rotatable bonds is 5. The third-order valence-corrected chi connectivity index (χ3v) is 4.78. The van der Waals surface area contributed by atoms with Crippen LogP contribution in [0.5, 0.6) is 0 Å². The summed E-state index contributed by atoms with van der Waals surface area (Å²) in [6.07, 6.45) is 5.07. The van der Waals surface area contributed by atoms with E-state index in [0.717, 1.165) is 27.8 Å². The number of allylic oxidation sites excluding steroid dienone is 3. The highest BCUT2D eigenvalue weighted by Crippen LogP contribution is 2.25. The van der Waals surface area contributed by atoms with Crippen molar-refractivity contribution < 1.29 is 14.4 Å². The van der Waals surface area contributed by atoms with Crippen molar-refractivity contribution in [2.75, 3.05) is 30.9 Å². The van der Waals surface area contributed by atoms with Gasteiger partial charge in [0, 0.05) is 30.1 Å². The average molecular weight is 435 g/mol. The van der Waals surface area contributed by atoms with Gasteiger partial charge in [-0.25, -0.2) is 5.06 Å². The fourth-order valence-electron chi connectivity index (χ4n) is 2.86. The lowest BCUT2D eigenvalue weighted by Gasteiger charge is -2.32. The van der Waals surface area contributed by atoms with Crippen molar-refractivity contribution in [2.24, 2.45) is 5.73 Å². The van der Waals surface area contributed by atoms with E-state index in [1.165, 1.54) is 20.2 Å². The molecule has 0 saturated heterocycles. The summed E-state index contributed by atoms with van der Waals surface area (Å²) < 4.78 is 0. The molecule has 32 heavy (non-hydrogen) atoms. The highest BCUT2D eigenvalue weighted by atomic mass is 16.7. The van der Waals surface area contributed by atoms with Crippen molar-refractivity contribution in [2.45, 2.75) is 13.8 Å². The molecule has 1 aliphatic heterocycles. The van der Waals surface area contributed by atoms with Gasteiger partial charge >= 0.3 is 0 Å². The topological polar surface area (TPSA) is 87.9 Å². The van der Waals surface area contributed by atoms with Crippen LogP contribution in [0.2, 0.25) is 0 Å². The Morgan fingerprint density at radius 1 is 1.09 bits per heavy atom. The van der Waals surface area contributed by atoms with Gasteiger partial charge in [0.25, 0.3) is 5.91 Å². The van der Waals surface area contributed by atoms with Crippen molar-refractivity contribution in [1.29, 1.82) is 0 Å². The summed E-state index contributed by atoms with van der Waals surface area (Å²) in [5.41, 5.74) is 8.30. The smallest absolute Gasteiger partial charge is 0.292 e. The molecular weight excluding hydrogens is 404 g/mol. The van der Waals surface area contributed by atoms with E-state index in [1.807, 2.05) is 73.7 Å². The zero-order valence-electron chi connectivity index (χ0n) is 18.9. The van der Waals surface area contributed by atoms with Gasteiger partial charge in [-0.15, -0.1) is 0 Å². The largest absolute Gasteiger partial charge is 0.394 e. The number of carbonyl (C=O) groups is 2. The summed E-state index contributed by atoms with van der Waals surface area (Å²) in [6.45, 7) is 4.17. The molecule has 3 N–H and O–H groups in total. The summed E-state index contributed by atoms with van der Waals surface area (Å²) >= 11 is 0. The number of hydrogen-bond acceptors (Lipinski definition) is 6. The molecule has 0 radical (unpaired) electrons. The molecule has 0 spiro atoms. The molecule has 0 fully saturated rings. The second kappa shape index (κ2) is 12.1. The number of ketones is 1. The Hall–Kier alpha value is -3.84. The van der Waals surface area contributed by atoms with Crippen molar-refractivity contribution in [3.05, 3.63) is 96.0 Å². The van der Waals surface area contributed by atoms with Crippen LogP contribution >= 0.6 is 0 Å². The Balaban J connectivity index is 0.000000309. The van der Waals surface area contributed by atoms with E-state index in [-0.39, 0.29) is 17.4 Å². The van der Waals surface area contributed by atoms with Crippen LogP contribution in [0.15, 0.2) is 96.0 Å². The van der Waals surface area contributed by atoms with Gasteiger partial charge in [-0.3, -0.25) is 14.4 Å².